The number of carboxylic acid groups (broad SMARTS) is 1. The molecule has 1 fully saturated rings. The van der Waals surface area contributed by atoms with Gasteiger partial charge in [-0.3, -0.25) is 9.63 Å². The molecule has 42 heavy (non-hydrogen) atoms. The standard InChI is InChI=1S/C32H46N2O6S.CH4/c1-4-5-20-40-34(19-17-25-12-7-6-8-13-25)23-26-15-16-28(29(22-26)27-14-10-9-11-24(27)2)31(35)33-30(32(36)37)18-21-41(3,38)39;/h9-11,14-16,22,25,30H,4-8,12-13,17-21,23H2,1-3H3,(H,33,35)(H,36,37);1H4/t30-;/m0./s1. The number of unbranched alkanes of at least 4 members (excludes halogenated alkanes) is 1. The summed E-state index contributed by atoms with van der Waals surface area (Å²) in [5.74, 6) is -1.42. The number of aryl methyl sites for hydroxylation is 1. The van der Waals surface area contributed by atoms with Crippen LogP contribution in [0.5, 0.6) is 0 Å². The predicted octanol–water partition coefficient (Wildman–Crippen LogP) is 6.42. The van der Waals surface area contributed by atoms with Gasteiger partial charge < -0.3 is 10.4 Å². The number of nitrogens with zero attached hydrogens (tertiary/aromatic N) is 1. The van der Waals surface area contributed by atoms with Crippen LogP contribution in [0.25, 0.3) is 11.1 Å². The molecular formula is C33H50N2O6S. The Morgan fingerprint density at radius 1 is 1.10 bits per heavy atom. The average Bonchev–Trinajstić information content (AvgIpc) is 2.94. The monoisotopic (exact) mass is 602 g/mol. The quantitative estimate of drug-likeness (QED) is 0.168. The van der Waals surface area contributed by atoms with Crippen LogP contribution in [0.3, 0.4) is 0 Å². The van der Waals surface area contributed by atoms with Crippen molar-refractivity contribution in [3.8, 4) is 11.1 Å². The number of aliphatic carboxylic acids is 1. The molecule has 1 saturated carbocycles. The van der Waals surface area contributed by atoms with Gasteiger partial charge in [-0.25, -0.2) is 13.2 Å². The summed E-state index contributed by atoms with van der Waals surface area (Å²) < 4.78 is 23.2. The minimum absolute atomic E-state index is 0. The zero-order chi connectivity index (χ0) is 29.8. The van der Waals surface area contributed by atoms with E-state index in [1.165, 1.54) is 32.1 Å². The summed E-state index contributed by atoms with van der Waals surface area (Å²) in [6, 6.07) is 12.1. The SMILES string of the molecule is C.CCCCON(CCC1CCCCC1)Cc1ccc(C(=O)N[C@@H](CCS(C)(=O)=O)C(=O)O)c(-c2ccccc2C)c1. The highest BCUT2D eigenvalue weighted by atomic mass is 32.2. The second-order valence-electron chi connectivity index (χ2n) is 11.3. The molecule has 0 spiro atoms. The van der Waals surface area contributed by atoms with E-state index in [1.54, 1.807) is 6.07 Å². The molecule has 2 N–H and O–H groups in total. The number of hydrogen-bond donors (Lipinski definition) is 2. The van der Waals surface area contributed by atoms with Gasteiger partial charge in [-0.15, -0.1) is 0 Å². The van der Waals surface area contributed by atoms with Crippen LogP contribution in [0.1, 0.15) is 93.6 Å². The van der Waals surface area contributed by atoms with Gasteiger partial charge in [-0.05, 0) is 66.5 Å². The highest BCUT2D eigenvalue weighted by Crippen LogP contribution is 2.30. The maximum Gasteiger partial charge on any atom is 0.326 e. The van der Waals surface area contributed by atoms with Gasteiger partial charge in [0.1, 0.15) is 15.9 Å². The lowest BCUT2D eigenvalue weighted by Gasteiger charge is -2.27. The summed E-state index contributed by atoms with van der Waals surface area (Å²) in [4.78, 5) is 31.4. The highest BCUT2D eigenvalue weighted by Gasteiger charge is 2.25. The van der Waals surface area contributed by atoms with Crippen molar-refractivity contribution in [1.82, 2.24) is 10.4 Å². The summed E-state index contributed by atoms with van der Waals surface area (Å²) in [5.41, 5.74) is 3.90. The molecule has 1 amide bonds. The zero-order valence-corrected chi connectivity index (χ0v) is 25.5. The maximum absolute atomic E-state index is 13.4. The van der Waals surface area contributed by atoms with E-state index < -0.39 is 27.8 Å². The van der Waals surface area contributed by atoms with Crippen molar-refractivity contribution in [2.75, 3.05) is 25.2 Å². The first-order valence-corrected chi connectivity index (χ1v) is 16.9. The molecule has 1 atom stereocenters. The lowest BCUT2D eigenvalue weighted by atomic mass is 9.87. The largest absolute Gasteiger partial charge is 0.480 e. The fourth-order valence-corrected chi connectivity index (χ4v) is 6.01. The number of sulfone groups is 1. The van der Waals surface area contributed by atoms with Crippen LogP contribution in [0, 0.1) is 12.8 Å². The van der Waals surface area contributed by atoms with Gasteiger partial charge in [-0.1, -0.05) is 83.2 Å². The Labute approximate surface area is 252 Å². The normalized spacial score (nSPS) is 14.8. The van der Waals surface area contributed by atoms with Gasteiger partial charge in [0.2, 0.25) is 0 Å². The molecule has 0 unspecified atom stereocenters. The first-order chi connectivity index (χ1) is 19.6. The van der Waals surface area contributed by atoms with E-state index in [2.05, 4.69) is 12.2 Å². The third-order valence-corrected chi connectivity index (χ3v) is 8.76. The predicted molar refractivity (Wildman–Crippen MR) is 169 cm³/mol. The minimum atomic E-state index is -3.38. The number of carbonyl (C=O) groups is 2. The van der Waals surface area contributed by atoms with Gasteiger partial charge in [0.05, 0.1) is 12.4 Å². The summed E-state index contributed by atoms with van der Waals surface area (Å²) >= 11 is 0. The summed E-state index contributed by atoms with van der Waals surface area (Å²) in [6.45, 7) is 6.20. The van der Waals surface area contributed by atoms with E-state index in [1.807, 2.05) is 48.4 Å². The topological polar surface area (TPSA) is 113 Å². The van der Waals surface area contributed by atoms with Crippen molar-refractivity contribution >= 4 is 21.7 Å². The lowest BCUT2D eigenvalue weighted by molar-refractivity contribution is -0.169. The van der Waals surface area contributed by atoms with Crippen LogP contribution in [0.4, 0.5) is 0 Å². The first kappa shape index (κ1) is 35.4. The molecular weight excluding hydrogens is 552 g/mol. The Bertz CT molecular complexity index is 1260. The smallest absolute Gasteiger partial charge is 0.326 e. The van der Waals surface area contributed by atoms with Crippen molar-refractivity contribution in [3.05, 3.63) is 59.2 Å². The van der Waals surface area contributed by atoms with Gasteiger partial charge in [0.15, 0.2) is 0 Å². The molecule has 8 nitrogen and oxygen atoms in total. The molecule has 3 rings (SSSR count). The zero-order valence-electron chi connectivity index (χ0n) is 24.7. The van der Waals surface area contributed by atoms with Crippen molar-refractivity contribution in [2.45, 2.75) is 91.6 Å². The Hall–Kier alpha value is -2.75. The number of nitrogens with one attached hydrogen (secondary N) is 1. The highest BCUT2D eigenvalue weighted by molar-refractivity contribution is 7.90. The maximum atomic E-state index is 13.4. The number of hydrogen-bond acceptors (Lipinski definition) is 6. The number of carboxylic acids is 1. The number of carbonyl (C=O) groups excluding carboxylic acids is 1. The summed E-state index contributed by atoms with van der Waals surface area (Å²) in [6.07, 6.45) is 10.5. The number of rotatable bonds is 16. The van der Waals surface area contributed by atoms with Gasteiger partial charge in [0.25, 0.3) is 5.91 Å². The van der Waals surface area contributed by atoms with E-state index in [-0.39, 0.29) is 19.6 Å². The molecule has 0 aliphatic heterocycles. The summed E-state index contributed by atoms with van der Waals surface area (Å²) in [7, 11) is -3.38. The lowest BCUT2D eigenvalue weighted by Crippen LogP contribution is -2.42. The Kier molecular flexibility index (Phi) is 14.7. The first-order valence-electron chi connectivity index (χ1n) is 14.9. The van der Waals surface area contributed by atoms with Crippen molar-refractivity contribution < 1.29 is 28.0 Å². The third-order valence-electron chi connectivity index (χ3n) is 7.79. The molecule has 2 aromatic rings. The van der Waals surface area contributed by atoms with Crippen molar-refractivity contribution in [3.63, 3.8) is 0 Å². The molecule has 234 valence electrons. The Morgan fingerprint density at radius 2 is 1.81 bits per heavy atom. The third kappa shape index (κ3) is 11.5. The van der Waals surface area contributed by atoms with Gasteiger partial charge in [-0.2, -0.15) is 5.06 Å². The van der Waals surface area contributed by atoms with Crippen LogP contribution < -0.4 is 5.32 Å². The van der Waals surface area contributed by atoms with Crippen molar-refractivity contribution in [1.29, 1.82) is 0 Å². The second kappa shape index (κ2) is 17.4. The van der Waals surface area contributed by atoms with Crippen LogP contribution in [-0.2, 0) is 26.0 Å². The summed E-state index contributed by atoms with van der Waals surface area (Å²) in [5, 5.41) is 14.2. The van der Waals surface area contributed by atoms with Gasteiger partial charge >= 0.3 is 5.97 Å². The van der Waals surface area contributed by atoms with Crippen molar-refractivity contribution in [2.24, 2.45) is 5.92 Å². The van der Waals surface area contributed by atoms with Crippen LogP contribution >= 0.6 is 0 Å². The molecule has 0 bridgehead atoms. The van der Waals surface area contributed by atoms with E-state index in [0.717, 1.165) is 54.7 Å². The van der Waals surface area contributed by atoms with Crippen LogP contribution in [0.15, 0.2) is 42.5 Å². The number of hydroxylamine groups is 2. The van der Waals surface area contributed by atoms with Crippen LogP contribution in [0.2, 0.25) is 0 Å². The molecule has 0 radical (unpaired) electrons. The fraction of sp³-hybridized carbons (Fsp3) is 0.576. The number of benzene rings is 2. The second-order valence-corrected chi connectivity index (χ2v) is 13.6. The van der Waals surface area contributed by atoms with Gasteiger partial charge in [0, 0.05) is 24.9 Å². The molecule has 0 saturated heterocycles. The molecule has 1 aliphatic rings. The van der Waals surface area contributed by atoms with E-state index in [0.29, 0.717) is 24.3 Å². The molecule has 0 aromatic heterocycles. The molecule has 2 aromatic carbocycles. The minimum Gasteiger partial charge on any atom is -0.480 e. The van der Waals surface area contributed by atoms with E-state index >= 15 is 0 Å². The van der Waals surface area contributed by atoms with E-state index in [9.17, 15) is 23.1 Å². The molecule has 1 aliphatic carbocycles. The average molecular weight is 603 g/mol. The van der Waals surface area contributed by atoms with E-state index in [4.69, 9.17) is 4.84 Å². The molecule has 9 heteroatoms. The Morgan fingerprint density at radius 3 is 2.45 bits per heavy atom. The van der Waals surface area contributed by atoms with Crippen LogP contribution in [-0.4, -0.2) is 61.7 Å². The fourth-order valence-electron chi connectivity index (χ4n) is 5.34. The number of amides is 1. The molecule has 0 heterocycles. The Balaban J connectivity index is 0.00000616.